The molecule has 2 aromatic carbocycles. The quantitative estimate of drug-likeness (QED) is 0.358. The van der Waals surface area contributed by atoms with Gasteiger partial charge in [0.05, 0.1) is 25.8 Å². The lowest BCUT2D eigenvalue weighted by molar-refractivity contribution is -0.132. The molecule has 1 N–H and O–H groups in total. The third-order valence-corrected chi connectivity index (χ3v) is 6.05. The smallest absolute Gasteiger partial charge is 0.301 e. The second-order valence-corrected chi connectivity index (χ2v) is 8.41. The van der Waals surface area contributed by atoms with E-state index in [9.17, 15) is 14.7 Å². The van der Waals surface area contributed by atoms with E-state index < -0.39 is 17.7 Å². The van der Waals surface area contributed by atoms with Crippen LogP contribution in [0, 0.1) is 13.8 Å². The van der Waals surface area contributed by atoms with Crippen LogP contribution in [0.3, 0.4) is 0 Å². The van der Waals surface area contributed by atoms with Crippen LogP contribution >= 0.6 is 11.3 Å². The van der Waals surface area contributed by atoms with Crippen molar-refractivity contribution >= 4 is 33.9 Å². The number of hydrogen-bond donors (Lipinski definition) is 1. The van der Waals surface area contributed by atoms with Gasteiger partial charge in [0, 0.05) is 5.56 Å². The third kappa shape index (κ3) is 3.60. The lowest BCUT2D eigenvalue weighted by Gasteiger charge is -2.23. The zero-order chi connectivity index (χ0) is 23.0. The van der Waals surface area contributed by atoms with E-state index in [0.717, 1.165) is 5.56 Å². The standard InChI is InChI=1S/C23H21N3O5S/c1-12-5-7-14(8-6-12)20(27)18-19(15-9-10-16(30-3)17(11-15)31-4)26(22(29)21(18)28)23-25-24-13(2)32-23/h5-11,19,27H,1-4H3/b20-18+/t19-/m0/s1. The molecule has 0 spiro atoms. The van der Waals surface area contributed by atoms with Gasteiger partial charge >= 0.3 is 5.91 Å². The van der Waals surface area contributed by atoms with Crippen molar-refractivity contribution in [1.29, 1.82) is 0 Å². The molecule has 2 heterocycles. The fourth-order valence-corrected chi connectivity index (χ4v) is 4.33. The SMILES string of the molecule is COc1ccc([C@H]2/C(=C(\O)c3ccc(C)cc3)C(=O)C(=O)N2c2nnc(C)s2)cc1OC. The van der Waals surface area contributed by atoms with Crippen LogP contribution in [0.25, 0.3) is 5.76 Å². The monoisotopic (exact) mass is 451 g/mol. The molecule has 9 heteroatoms. The number of aliphatic hydroxyl groups excluding tert-OH is 1. The summed E-state index contributed by atoms with van der Waals surface area (Å²) in [5, 5.41) is 20.1. The lowest BCUT2D eigenvalue weighted by Crippen LogP contribution is -2.29. The molecule has 1 atom stereocenters. The summed E-state index contributed by atoms with van der Waals surface area (Å²) >= 11 is 1.19. The highest BCUT2D eigenvalue weighted by Gasteiger charge is 2.48. The van der Waals surface area contributed by atoms with E-state index in [0.29, 0.717) is 27.6 Å². The first-order valence-corrected chi connectivity index (χ1v) is 10.6. The number of ketones is 1. The van der Waals surface area contributed by atoms with Gasteiger partial charge in [-0.3, -0.25) is 14.5 Å². The van der Waals surface area contributed by atoms with Gasteiger partial charge in [-0.1, -0.05) is 47.2 Å². The van der Waals surface area contributed by atoms with Crippen LogP contribution in [-0.4, -0.2) is 41.2 Å². The first-order chi connectivity index (χ1) is 15.3. The molecule has 1 aliphatic rings. The largest absolute Gasteiger partial charge is 0.507 e. The number of methoxy groups -OCH3 is 2. The van der Waals surface area contributed by atoms with Gasteiger partial charge in [0.15, 0.2) is 11.5 Å². The molecule has 0 unspecified atom stereocenters. The van der Waals surface area contributed by atoms with E-state index in [-0.39, 0.29) is 16.5 Å². The van der Waals surface area contributed by atoms with Crippen molar-refractivity contribution < 1.29 is 24.2 Å². The normalized spacial score (nSPS) is 17.6. The number of carbonyl (C=O) groups excluding carboxylic acids is 2. The lowest BCUT2D eigenvalue weighted by atomic mass is 9.95. The molecular formula is C23H21N3O5S. The molecule has 164 valence electrons. The van der Waals surface area contributed by atoms with E-state index in [1.807, 2.05) is 19.1 Å². The summed E-state index contributed by atoms with van der Waals surface area (Å²) in [6, 6.07) is 11.2. The van der Waals surface area contributed by atoms with Crippen LogP contribution in [0.2, 0.25) is 0 Å². The number of aromatic nitrogens is 2. The van der Waals surface area contributed by atoms with Crippen molar-refractivity contribution in [1.82, 2.24) is 10.2 Å². The summed E-state index contributed by atoms with van der Waals surface area (Å²) in [6.07, 6.45) is 0. The Balaban J connectivity index is 1.95. The first kappa shape index (κ1) is 21.5. The van der Waals surface area contributed by atoms with Gasteiger partial charge in [0.25, 0.3) is 5.78 Å². The maximum Gasteiger partial charge on any atom is 0.301 e. The number of carbonyl (C=O) groups is 2. The molecule has 0 saturated carbocycles. The van der Waals surface area contributed by atoms with Gasteiger partial charge in [-0.25, -0.2) is 0 Å². The number of nitrogens with zero attached hydrogens (tertiary/aromatic N) is 3. The van der Waals surface area contributed by atoms with Gasteiger partial charge in [0.1, 0.15) is 10.8 Å². The second kappa shape index (κ2) is 8.43. The molecule has 1 aromatic heterocycles. The number of ether oxygens (including phenoxy) is 2. The number of anilines is 1. The molecule has 0 radical (unpaired) electrons. The Morgan fingerprint density at radius 2 is 1.69 bits per heavy atom. The Morgan fingerprint density at radius 3 is 2.28 bits per heavy atom. The van der Waals surface area contributed by atoms with E-state index in [1.165, 1.54) is 30.5 Å². The number of Topliss-reactive ketones (excluding diaryl/α,β-unsaturated/α-hetero) is 1. The van der Waals surface area contributed by atoms with E-state index in [1.54, 1.807) is 37.3 Å². The average molecular weight is 452 g/mol. The maximum absolute atomic E-state index is 13.1. The van der Waals surface area contributed by atoms with Crippen molar-refractivity contribution in [2.45, 2.75) is 19.9 Å². The minimum atomic E-state index is -0.913. The summed E-state index contributed by atoms with van der Waals surface area (Å²) < 4.78 is 10.7. The van der Waals surface area contributed by atoms with E-state index >= 15 is 0 Å². The number of amides is 1. The summed E-state index contributed by atoms with van der Waals surface area (Å²) in [4.78, 5) is 27.5. The Bertz CT molecular complexity index is 1230. The molecule has 32 heavy (non-hydrogen) atoms. The molecule has 0 aliphatic carbocycles. The van der Waals surface area contributed by atoms with E-state index in [2.05, 4.69) is 10.2 Å². The maximum atomic E-state index is 13.1. The first-order valence-electron chi connectivity index (χ1n) is 9.75. The molecule has 0 bridgehead atoms. The van der Waals surface area contributed by atoms with Crippen molar-refractivity contribution in [3.8, 4) is 11.5 Å². The number of benzene rings is 2. The van der Waals surface area contributed by atoms with Crippen molar-refractivity contribution in [2.75, 3.05) is 19.1 Å². The Kier molecular flexibility index (Phi) is 5.67. The van der Waals surface area contributed by atoms with Crippen molar-refractivity contribution in [2.24, 2.45) is 0 Å². The molecule has 1 amide bonds. The van der Waals surface area contributed by atoms with Crippen LogP contribution in [-0.2, 0) is 9.59 Å². The fourth-order valence-electron chi connectivity index (χ4n) is 3.62. The van der Waals surface area contributed by atoms with Crippen LogP contribution in [0.4, 0.5) is 5.13 Å². The zero-order valence-electron chi connectivity index (χ0n) is 17.9. The van der Waals surface area contributed by atoms with E-state index in [4.69, 9.17) is 9.47 Å². The van der Waals surface area contributed by atoms with Gasteiger partial charge in [0.2, 0.25) is 5.13 Å². The van der Waals surface area contributed by atoms with Gasteiger partial charge in [-0.05, 0) is 31.5 Å². The Hall–Kier alpha value is -3.72. The summed E-state index contributed by atoms with van der Waals surface area (Å²) in [6.45, 7) is 3.68. The number of aryl methyl sites for hydroxylation is 2. The highest BCUT2D eigenvalue weighted by molar-refractivity contribution is 7.15. The van der Waals surface area contributed by atoms with Crippen molar-refractivity contribution in [3.05, 3.63) is 69.7 Å². The molecule has 8 nitrogen and oxygen atoms in total. The Labute approximate surface area is 188 Å². The van der Waals surface area contributed by atoms with Crippen LogP contribution in [0.1, 0.15) is 27.7 Å². The number of aliphatic hydroxyl groups is 1. The summed E-state index contributed by atoms with van der Waals surface area (Å²) in [5.74, 6) is -0.907. The fraction of sp³-hybridized carbons (Fsp3) is 0.217. The van der Waals surface area contributed by atoms with Crippen LogP contribution < -0.4 is 14.4 Å². The molecule has 1 saturated heterocycles. The number of hydrogen-bond acceptors (Lipinski definition) is 8. The van der Waals surface area contributed by atoms with Gasteiger partial charge < -0.3 is 14.6 Å². The van der Waals surface area contributed by atoms with Crippen LogP contribution in [0.15, 0.2) is 48.0 Å². The third-order valence-electron chi connectivity index (χ3n) is 5.21. The minimum absolute atomic E-state index is 0.0288. The molecule has 1 fully saturated rings. The average Bonchev–Trinajstić information content (AvgIpc) is 3.34. The summed E-state index contributed by atoms with van der Waals surface area (Å²) in [7, 11) is 3.02. The molecule has 3 aromatic rings. The zero-order valence-corrected chi connectivity index (χ0v) is 18.8. The minimum Gasteiger partial charge on any atom is -0.507 e. The molecule has 4 rings (SSSR count). The van der Waals surface area contributed by atoms with Gasteiger partial charge in [-0.15, -0.1) is 10.2 Å². The summed E-state index contributed by atoms with van der Waals surface area (Å²) in [5.41, 5.74) is 1.97. The van der Waals surface area contributed by atoms with Crippen LogP contribution in [0.5, 0.6) is 11.5 Å². The topological polar surface area (TPSA) is 102 Å². The molecular weight excluding hydrogens is 430 g/mol. The number of rotatable bonds is 5. The van der Waals surface area contributed by atoms with Crippen molar-refractivity contribution in [3.63, 3.8) is 0 Å². The Morgan fingerprint density at radius 1 is 1.00 bits per heavy atom. The van der Waals surface area contributed by atoms with Gasteiger partial charge in [-0.2, -0.15) is 0 Å². The predicted molar refractivity (Wildman–Crippen MR) is 120 cm³/mol. The predicted octanol–water partition coefficient (Wildman–Crippen LogP) is 3.80. The highest BCUT2D eigenvalue weighted by Crippen LogP contribution is 2.44. The molecule has 1 aliphatic heterocycles. The highest BCUT2D eigenvalue weighted by atomic mass is 32.1. The second-order valence-electron chi connectivity index (χ2n) is 7.25.